The molecule has 0 unspecified atom stereocenters. The van der Waals surface area contributed by atoms with Gasteiger partial charge in [0, 0.05) is 32.4 Å². The molecule has 1 aromatic carbocycles. The van der Waals surface area contributed by atoms with Crippen LogP contribution < -0.4 is 15.7 Å². The Kier molecular flexibility index (Phi) is 5.32. The molecule has 0 aromatic heterocycles. The summed E-state index contributed by atoms with van der Waals surface area (Å²) in [6.45, 7) is 1.72. The van der Waals surface area contributed by atoms with Crippen LogP contribution in [0.5, 0.6) is 0 Å². The molecule has 0 heterocycles. The topological polar surface area (TPSA) is 70.7 Å². The SMILES string of the molecule is CNC(=O)CONC(=O)c1ccc(N(C)C)c(C)c1. The summed E-state index contributed by atoms with van der Waals surface area (Å²) in [6, 6.07) is 5.35. The zero-order valence-corrected chi connectivity index (χ0v) is 11.6. The smallest absolute Gasteiger partial charge is 0.274 e. The normalized spacial score (nSPS) is 9.89. The van der Waals surface area contributed by atoms with E-state index in [9.17, 15) is 9.59 Å². The van der Waals surface area contributed by atoms with Crippen molar-refractivity contribution in [3.8, 4) is 0 Å². The second-order valence-corrected chi connectivity index (χ2v) is 4.29. The molecule has 1 rings (SSSR count). The maximum atomic E-state index is 11.8. The first-order valence-corrected chi connectivity index (χ1v) is 5.86. The van der Waals surface area contributed by atoms with Gasteiger partial charge in [-0.2, -0.15) is 0 Å². The van der Waals surface area contributed by atoms with E-state index in [1.165, 1.54) is 7.05 Å². The lowest BCUT2D eigenvalue weighted by Crippen LogP contribution is -2.31. The fourth-order valence-corrected chi connectivity index (χ4v) is 1.60. The molecule has 2 N–H and O–H groups in total. The van der Waals surface area contributed by atoms with Gasteiger partial charge in [-0.25, -0.2) is 5.48 Å². The Morgan fingerprint density at radius 1 is 1.32 bits per heavy atom. The minimum Gasteiger partial charge on any atom is -0.377 e. The maximum Gasteiger partial charge on any atom is 0.274 e. The van der Waals surface area contributed by atoms with Gasteiger partial charge in [0.2, 0.25) is 5.91 Å². The molecule has 0 radical (unpaired) electrons. The van der Waals surface area contributed by atoms with Gasteiger partial charge in [0.25, 0.3) is 5.91 Å². The molecule has 0 saturated heterocycles. The van der Waals surface area contributed by atoms with Gasteiger partial charge in [-0.3, -0.25) is 14.4 Å². The first-order chi connectivity index (χ1) is 8.95. The summed E-state index contributed by atoms with van der Waals surface area (Å²) in [6.07, 6.45) is 0. The van der Waals surface area contributed by atoms with Crippen LogP contribution >= 0.6 is 0 Å². The number of hydrogen-bond acceptors (Lipinski definition) is 4. The highest BCUT2D eigenvalue weighted by Crippen LogP contribution is 2.18. The molecule has 0 fully saturated rings. The van der Waals surface area contributed by atoms with E-state index in [0.29, 0.717) is 5.56 Å². The molecule has 6 nitrogen and oxygen atoms in total. The highest BCUT2D eigenvalue weighted by Gasteiger charge is 2.09. The Morgan fingerprint density at radius 2 is 2.00 bits per heavy atom. The van der Waals surface area contributed by atoms with Gasteiger partial charge < -0.3 is 10.2 Å². The summed E-state index contributed by atoms with van der Waals surface area (Å²) in [7, 11) is 5.37. The summed E-state index contributed by atoms with van der Waals surface area (Å²) in [4.78, 5) is 29.4. The zero-order valence-electron chi connectivity index (χ0n) is 11.6. The van der Waals surface area contributed by atoms with Gasteiger partial charge in [-0.1, -0.05) is 0 Å². The quantitative estimate of drug-likeness (QED) is 0.759. The maximum absolute atomic E-state index is 11.8. The van der Waals surface area contributed by atoms with Gasteiger partial charge >= 0.3 is 0 Å². The van der Waals surface area contributed by atoms with Crippen molar-refractivity contribution < 1.29 is 14.4 Å². The zero-order chi connectivity index (χ0) is 14.4. The van der Waals surface area contributed by atoms with Crippen LogP contribution in [0.15, 0.2) is 18.2 Å². The van der Waals surface area contributed by atoms with Gasteiger partial charge in [0.05, 0.1) is 0 Å². The second-order valence-electron chi connectivity index (χ2n) is 4.29. The molecule has 0 aliphatic carbocycles. The molecule has 0 aliphatic rings. The lowest BCUT2D eigenvalue weighted by atomic mass is 10.1. The van der Waals surface area contributed by atoms with E-state index in [1.807, 2.05) is 32.0 Å². The van der Waals surface area contributed by atoms with Crippen LogP contribution in [0, 0.1) is 6.92 Å². The Balaban J connectivity index is 2.63. The van der Waals surface area contributed by atoms with Crippen LogP contribution in [-0.2, 0) is 9.63 Å². The number of benzene rings is 1. The molecule has 1 aromatic rings. The number of anilines is 1. The largest absolute Gasteiger partial charge is 0.377 e. The van der Waals surface area contributed by atoms with Gasteiger partial charge in [-0.15, -0.1) is 0 Å². The Labute approximate surface area is 112 Å². The molecule has 0 aliphatic heterocycles. The van der Waals surface area contributed by atoms with E-state index in [0.717, 1.165) is 11.3 Å². The van der Waals surface area contributed by atoms with Crippen LogP contribution in [0.3, 0.4) is 0 Å². The van der Waals surface area contributed by atoms with E-state index >= 15 is 0 Å². The third-order valence-electron chi connectivity index (χ3n) is 2.59. The third kappa shape index (κ3) is 4.26. The number of carbonyl (C=O) groups is 2. The van der Waals surface area contributed by atoms with E-state index in [1.54, 1.807) is 12.1 Å². The van der Waals surface area contributed by atoms with Crippen LogP contribution in [-0.4, -0.2) is 39.6 Å². The first kappa shape index (κ1) is 15.0. The molecule has 0 bridgehead atoms. The van der Waals surface area contributed by atoms with E-state index < -0.39 is 0 Å². The standard InChI is InChI=1S/C13H19N3O3/c1-9-7-10(5-6-11(9)16(3)4)13(18)15-19-8-12(17)14-2/h5-7H,8H2,1-4H3,(H,14,17)(H,15,18). The van der Waals surface area contributed by atoms with Crippen LogP contribution in [0.1, 0.15) is 15.9 Å². The number of hydroxylamine groups is 1. The summed E-state index contributed by atoms with van der Waals surface area (Å²) >= 11 is 0. The van der Waals surface area contributed by atoms with Crippen molar-refractivity contribution in [2.45, 2.75) is 6.92 Å². The minimum absolute atomic E-state index is 0.211. The highest BCUT2D eigenvalue weighted by atomic mass is 16.7. The van der Waals surface area contributed by atoms with Gasteiger partial charge in [0.1, 0.15) is 0 Å². The van der Waals surface area contributed by atoms with E-state index in [4.69, 9.17) is 4.84 Å². The minimum atomic E-state index is -0.377. The number of hydrogen-bond donors (Lipinski definition) is 2. The van der Waals surface area contributed by atoms with E-state index in [-0.39, 0.29) is 18.4 Å². The molecule has 0 saturated carbocycles. The van der Waals surface area contributed by atoms with Crippen LogP contribution in [0.25, 0.3) is 0 Å². The predicted octanol–water partition coefficient (Wildman–Crippen LogP) is 0.468. The molecule has 104 valence electrons. The van der Waals surface area contributed by atoms with Crippen molar-refractivity contribution >= 4 is 17.5 Å². The fraction of sp³-hybridized carbons (Fsp3) is 0.385. The van der Waals surface area contributed by atoms with Crippen molar-refractivity contribution in [1.82, 2.24) is 10.8 Å². The Morgan fingerprint density at radius 3 is 2.53 bits per heavy atom. The Bertz CT molecular complexity index is 472. The van der Waals surface area contributed by atoms with Crippen molar-refractivity contribution in [3.05, 3.63) is 29.3 Å². The number of rotatable bonds is 5. The van der Waals surface area contributed by atoms with Crippen molar-refractivity contribution in [3.63, 3.8) is 0 Å². The number of nitrogens with zero attached hydrogens (tertiary/aromatic N) is 1. The average molecular weight is 265 g/mol. The lowest BCUT2D eigenvalue weighted by Gasteiger charge is -2.16. The summed E-state index contributed by atoms with van der Waals surface area (Å²) in [5.74, 6) is -0.684. The van der Waals surface area contributed by atoms with Gasteiger partial charge in [-0.05, 0) is 30.7 Å². The summed E-state index contributed by atoms with van der Waals surface area (Å²) in [5, 5.41) is 2.39. The first-order valence-electron chi connectivity index (χ1n) is 5.86. The molecule has 19 heavy (non-hydrogen) atoms. The number of amides is 2. The Hall–Kier alpha value is -2.08. The van der Waals surface area contributed by atoms with Crippen molar-refractivity contribution in [1.29, 1.82) is 0 Å². The fourth-order valence-electron chi connectivity index (χ4n) is 1.60. The number of likely N-dealkylation sites (N-methyl/N-ethyl adjacent to an activating group) is 1. The summed E-state index contributed by atoms with van der Waals surface area (Å²) < 4.78 is 0. The number of carbonyl (C=O) groups excluding carboxylic acids is 2. The van der Waals surface area contributed by atoms with Crippen LogP contribution in [0.4, 0.5) is 5.69 Å². The second kappa shape index (κ2) is 6.75. The average Bonchev–Trinajstić information content (AvgIpc) is 2.37. The molecule has 0 atom stereocenters. The van der Waals surface area contributed by atoms with Crippen molar-refractivity contribution in [2.24, 2.45) is 0 Å². The van der Waals surface area contributed by atoms with Crippen LogP contribution in [0.2, 0.25) is 0 Å². The third-order valence-corrected chi connectivity index (χ3v) is 2.59. The molecule has 2 amide bonds. The number of nitrogens with one attached hydrogen (secondary N) is 2. The van der Waals surface area contributed by atoms with Gasteiger partial charge in [0.15, 0.2) is 6.61 Å². The number of aryl methyl sites for hydroxylation is 1. The lowest BCUT2D eigenvalue weighted by molar-refractivity contribution is -0.126. The highest BCUT2D eigenvalue weighted by molar-refractivity contribution is 5.94. The molecular weight excluding hydrogens is 246 g/mol. The molecule has 0 spiro atoms. The monoisotopic (exact) mass is 265 g/mol. The molecular formula is C13H19N3O3. The van der Waals surface area contributed by atoms with E-state index in [2.05, 4.69) is 10.8 Å². The molecule has 6 heteroatoms. The van der Waals surface area contributed by atoms with Crippen molar-refractivity contribution in [2.75, 3.05) is 32.6 Å². The summed E-state index contributed by atoms with van der Waals surface area (Å²) in [5.41, 5.74) is 4.75. The predicted molar refractivity (Wildman–Crippen MR) is 73.0 cm³/mol.